The maximum absolute atomic E-state index is 12.3. The quantitative estimate of drug-likeness (QED) is 0.741. The number of benzene rings is 1. The van der Waals surface area contributed by atoms with Crippen molar-refractivity contribution in [1.29, 1.82) is 5.26 Å². The molecule has 6 heteroatoms. The average molecular weight is 335 g/mol. The molecule has 1 N–H and O–H groups in total. The van der Waals surface area contributed by atoms with Gasteiger partial charge in [-0.25, -0.2) is 4.79 Å². The highest BCUT2D eigenvalue weighted by atomic mass is 35.5. The van der Waals surface area contributed by atoms with Gasteiger partial charge in [0.25, 0.3) is 0 Å². The van der Waals surface area contributed by atoms with Gasteiger partial charge in [0, 0.05) is 24.9 Å². The number of allylic oxidation sites excluding steroid dienone is 1. The van der Waals surface area contributed by atoms with E-state index in [1.807, 2.05) is 6.07 Å². The number of carbonyl (C=O) groups is 2. The molecule has 0 saturated carbocycles. The number of aliphatic carboxylic acids is 1. The Morgan fingerprint density at radius 1 is 1.52 bits per heavy atom. The van der Waals surface area contributed by atoms with Crippen molar-refractivity contribution in [3.63, 3.8) is 0 Å². The second-order valence-electron chi connectivity index (χ2n) is 5.26. The molecule has 23 heavy (non-hydrogen) atoms. The summed E-state index contributed by atoms with van der Waals surface area (Å²) in [6.07, 6.45) is 1.88. The van der Waals surface area contributed by atoms with Crippen molar-refractivity contribution in [3.05, 3.63) is 47.5 Å². The Morgan fingerprint density at radius 2 is 2.22 bits per heavy atom. The van der Waals surface area contributed by atoms with Gasteiger partial charge in [0.2, 0.25) is 5.91 Å². The predicted molar refractivity (Wildman–Crippen MR) is 88.0 cm³/mol. The first-order valence-electron chi connectivity index (χ1n) is 7.09. The zero-order valence-corrected chi connectivity index (χ0v) is 13.7. The Kier molecular flexibility index (Phi) is 6.80. The standard InChI is InChI=1S/C17H19ClN2O3/c1-3-4-8-15(21)20(2)17(9-10-19,16(22)23)12-13-6-5-7-14(18)11-13/h3,5-7,11H,1,4,8-9,12H2,2H3,(H,22,23). The first-order valence-corrected chi connectivity index (χ1v) is 7.47. The third kappa shape index (κ3) is 4.57. The molecule has 1 rings (SSSR count). The molecule has 1 atom stereocenters. The molecule has 5 nitrogen and oxygen atoms in total. The lowest BCUT2D eigenvalue weighted by Gasteiger charge is -2.37. The zero-order valence-electron chi connectivity index (χ0n) is 13.0. The fraction of sp³-hybridized carbons (Fsp3) is 0.353. The van der Waals surface area contributed by atoms with Crippen LogP contribution in [0.25, 0.3) is 0 Å². The Morgan fingerprint density at radius 3 is 2.74 bits per heavy atom. The van der Waals surface area contributed by atoms with E-state index in [0.717, 1.165) is 4.90 Å². The summed E-state index contributed by atoms with van der Waals surface area (Å²) >= 11 is 5.94. The number of hydrogen-bond donors (Lipinski definition) is 1. The largest absolute Gasteiger partial charge is 0.479 e. The van der Waals surface area contributed by atoms with Crippen LogP contribution >= 0.6 is 11.6 Å². The number of carbonyl (C=O) groups excluding carboxylic acids is 1. The smallest absolute Gasteiger partial charge is 0.331 e. The van der Waals surface area contributed by atoms with E-state index < -0.39 is 11.5 Å². The van der Waals surface area contributed by atoms with Gasteiger partial charge in [0.15, 0.2) is 5.54 Å². The molecule has 1 amide bonds. The highest BCUT2D eigenvalue weighted by molar-refractivity contribution is 6.30. The van der Waals surface area contributed by atoms with Crippen molar-refractivity contribution < 1.29 is 14.7 Å². The Hall–Kier alpha value is -2.32. The number of nitriles is 1. The molecule has 0 aliphatic rings. The molecule has 0 radical (unpaired) electrons. The third-order valence-electron chi connectivity index (χ3n) is 3.73. The molecule has 122 valence electrons. The van der Waals surface area contributed by atoms with Gasteiger partial charge in [0.05, 0.1) is 12.5 Å². The maximum Gasteiger partial charge on any atom is 0.331 e. The van der Waals surface area contributed by atoms with E-state index in [2.05, 4.69) is 6.58 Å². The van der Waals surface area contributed by atoms with Crippen molar-refractivity contribution in [3.8, 4) is 6.07 Å². The monoisotopic (exact) mass is 334 g/mol. The molecule has 0 spiro atoms. The molecular formula is C17H19ClN2O3. The van der Waals surface area contributed by atoms with Gasteiger partial charge in [-0.2, -0.15) is 5.26 Å². The lowest BCUT2D eigenvalue weighted by atomic mass is 9.86. The van der Waals surface area contributed by atoms with Crippen molar-refractivity contribution >= 4 is 23.5 Å². The van der Waals surface area contributed by atoms with Gasteiger partial charge in [-0.15, -0.1) is 6.58 Å². The number of halogens is 1. The van der Waals surface area contributed by atoms with E-state index >= 15 is 0 Å². The van der Waals surface area contributed by atoms with E-state index in [1.54, 1.807) is 30.3 Å². The van der Waals surface area contributed by atoms with Crippen LogP contribution in [0.1, 0.15) is 24.8 Å². The van der Waals surface area contributed by atoms with Crippen LogP contribution in [0.4, 0.5) is 0 Å². The van der Waals surface area contributed by atoms with E-state index in [-0.39, 0.29) is 25.2 Å². The van der Waals surface area contributed by atoms with E-state index in [0.29, 0.717) is 17.0 Å². The number of carboxylic acids is 1. The summed E-state index contributed by atoms with van der Waals surface area (Å²) < 4.78 is 0. The zero-order chi connectivity index (χ0) is 17.5. The van der Waals surface area contributed by atoms with Gasteiger partial charge < -0.3 is 10.0 Å². The molecule has 1 aromatic carbocycles. The summed E-state index contributed by atoms with van der Waals surface area (Å²) in [4.78, 5) is 25.3. The first kappa shape index (κ1) is 18.7. The number of carboxylic acid groups (broad SMARTS) is 1. The summed E-state index contributed by atoms with van der Waals surface area (Å²) in [6, 6.07) is 8.63. The molecular weight excluding hydrogens is 316 g/mol. The van der Waals surface area contributed by atoms with Crippen molar-refractivity contribution in [2.24, 2.45) is 0 Å². The Balaban J connectivity index is 3.20. The Bertz CT molecular complexity index is 639. The predicted octanol–water partition coefficient (Wildman–Crippen LogP) is 3.04. The second-order valence-corrected chi connectivity index (χ2v) is 5.69. The molecule has 0 aliphatic carbocycles. The van der Waals surface area contributed by atoms with Crippen molar-refractivity contribution in [2.45, 2.75) is 31.2 Å². The number of nitrogens with zero attached hydrogens (tertiary/aromatic N) is 2. The minimum atomic E-state index is -1.63. The molecule has 0 aromatic heterocycles. The molecule has 0 bridgehead atoms. The van der Waals surface area contributed by atoms with Gasteiger partial charge in [-0.1, -0.05) is 29.8 Å². The summed E-state index contributed by atoms with van der Waals surface area (Å²) in [5, 5.41) is 19.3. The first-order chi connectivity index (χ1) is 10.9. The van der Waals surface area contributed by atoms with Crippen LogP contribution in [0.2, 0.25) is 5.02 Å². The van der Waals surface area contributed by atoms with E-state index in [9.17, 15) is 14.7 Å². The van der Waals surface area contributed by atoms with Crippen LogP contribution < -0.4 is 0 Å². The minimum Gasteiger partial charge on any atom is -0.479 e. The second kappa shape index (κ2) is 8.35. The van der Waals surface area contributed by atoms with Crippen LogP contribution in [-0.4, -0.2) is 34.5 Å². The molecule has 1 aromatic rings. The van der Waals surface area contributed by atoms with Crippen LogP contribution in [0, 0.1) is 11.3 Å². The van der Waals surface area contributed by atoms with Gasteiger partial charge in [-0.05, 0) is 24.1 Å². The fourth-order valence-electron chi connectivity index (χ4n) is 2.34. The van der Waals surface area contributed by atoms with Crippen molar-refractivity contribution in [2.75, 3.05) is 7.05 Å². The van der Waals surface area contributed by atoms with E-state index in [1.165, 1.54) is 7.05 Å². The van der Waals surface area contributed by atoms with Gasteiger partial charge >= 0.3 is 5.97 Å². The van der Waals surface area contributed by atoms with Gasteiger partial charge in [0.1, 0.15) is 0 Å². The van der Waals surface area contributed by atoms with Crippen LogP contribution in [-0.2, 0) is 16.0 Å². The SMILES string of the molecule is C=CCCC(=O)N(C)C(CC#N)(Cc1cccc(Cl)c1)C(=O)O. The fourth-order valence-corrected chi connectivity index (χ4v) is 2.55. The van der Waals surface area contributed by atoms with Crippen LogP contribution in [0.15, 0.2) is 36.9 Å². The highest BCUT2D eigenvalue weighted by Gasteiger charge is 2.44. The normalized spacial score (nSPS) is 12.7. The van der Waals surface area contributed by atoms with Gasteiger partial charge in [-0.3, -0.25) is 4.79 Å². The summed E-state index contributed by atoms with van der Waals surface area (Å²) in [6.45, 7) is 3.55. The lowest BCUT2D eigenvalue weighted by molar-refractivity contribution is -0.157. The third-order valence-corrected chi connectivity index (χ3v) is 3.97. The number of likely N-dealkylation sites (N-methyl/N-ethyl adjacent to an activating group) is 1. The van der Waals surface area contributed by atoms with Crippen LogP contribution in [0.3, 0.4) is 0 Å². The topological polar surface area (TPSA) is 81.4 Å². The number of hydrogen-bond acceptors (Lipinski definition) is 3. The van der Waals surface area contributed by atoms with E-state index in [4.69, 9.17) is 16.9 Å². The molecule has 0 aliphatic heterocycles. The van der Waals surface area contributed by atoms with Crippen molar-refractivity contribution in [1.82, 2.24) is 4.90 Å². The van der Waals surface area contributed by atoms with Crippen LogP contribution in [0.5, 0.6) is 0 Å². The maximum atomic E-state index is 12.3. The number of amides is 1. The highest BCUT2D eigenvalue weighted by Crippen LogP contribution is 2.27. The summed E-state index contributed by atoms with van der Waals surface area (Å²) in [5.74, 6) is -1.56. The molecule has 0 heterocycles. The minimum absolute atomic E-state index is 0.00673. The summed E-state index contributed by atoms with van der Waals surface area (Å²) in [7, 11) is 1.42. The average Bonchev–Trinajstić information content (AvgIpc) is 2.51. The lowest BCUT2D eigenvalue weighted by Crippen LogP contribution is -2.56. The number of rotatable bonds is 8. The molecule has 1 unspecified atom stereocenters. The summed E-state index contributed by atoms with van der Waals surface area (Å²) in [5.41, 5.74) is -0.976. The molecule has 0 saturated heterocycles. The molecule has 0 fully saturated rings. The Labute approximate surface area is 140 Å².